The second-order valence-corrected chi connectivity index (χ2v) is 13.6. The lowest BCUT2D eigenvalue weighted by atomic mass is 9.85. The average Bonchev–Trinajstić information content (AvgIpc) is 3.52. The van der Waals surface area contributed by atoms with Crippen molar-refractivity contribution in [3.05, 3.63) is 100 Å². The van der Waals surface area contributed by atoms with Gasteiger partial charge in [-0.15, -0.1) is 0 Å². The zero-order valence-electron chi connectivity index (χ0n) is 25.7. The minimum Gasteiger partial charge on any atom is -0.333 e. The van der Waals surface area contributed by atoms with E-state index in [-0.39, 0.29) is 29.4 Å². The summed E-state index contributed by atoms with van der Waals surface area (Å²) in [5.74, 6) is 1.14. The van der Waals surface area contributed by atoms with Gasteiger partial charge in [0.2, 0.25) is 0 Å². The molecule has 2 aromatic heterocycles. The Hall–Kier alpha value is -4.17. The number of amides is 3. The summed E-state index contributed by atoms with van der Waals surface area (Å²) in [6.07, 6.45) is 6.49. The first kappa shape index (κ1) is 29.9. The molecule has 2 fully saturated rings. The highest BCUT2D eigenvalue weighted by molar-refractivity contribution is 6.29. The molecule has 2 N–H and O–H groups in total. The van der Waals surface area contributed by atoms with E-state index in [1.165, 1.54) is 5.56 Å². The number of benzene rings is 2. The van der Waals surface area contributed by atoms with Crippen LogP contribution < -0.4 is 10.6 Å². The van der Waals surface area contributed by atoms with Crippen LogP contribution in [0.2, 0.25) is 5.15 Å². The first-order chi connectivity index (χ1) is 21.0. The Morgan fingerprint density at radius 1 is 0.955 bits per heavy atom. The second kappa shape index (κ2) is 12.1. The number of carbonyl (C=O) groups is 2. The van der Waals surface area contributed by atoms with Crippen molar-refractivity contribution < 1.29 is 9.59 Å². The molecule has 2 atom stereocenters. The summed E-state index contributed by atoms with van der Waals surface area (Å²) in [6.45, 7) is 8.36. The van der Waals surface area contributed by atoms with E-state index < -0.39 is 0 Å². The molecule has 2 unspecified atom stereocenters. The minimum atomic E-state index is -0.322. The summed E-state index contributed by atoms with van der Waals surface area (Å²) in [4.78, 5) is 32.6. The normalized spacial score (nSPS) is 19.6. The molecule has 4 aromatic rings. The van der Waals surface area contributed by atoms with Crippen LogP contribution in [0.25, 0.3) is 5.69 Å². The van der Waals surface area contributed by atoms with Gasteiger partial charge in [0.1, 0.15) is 11.0 Å². The SMILES string of the molecule is Cc1ccc(-n2nc(C(C)(C)C)cc2NC(=O)Nc2cccc(CC3CC4CCC(C3)N4C(=O)c3ccc(Cl)nc3)c2)cc1. The number of anilines is 2. The first-order valence-electron chi connectivity index (χ1n) is 15.3. The van der Waals surface area contributed by atoms with Crippen molar-refractivity contribution in [2.75, 3.05) is 10.6 Å². The van der Waals surface area contributed by atoms with Crippen molar-refractivity contribution in [3.63, 3.8) is 0 Å². The van der Waals surface area contributed by atoms with Crippen LogP contribution in [0.4, 0.5) is 16.3 Å². The molecule has 9 heteroatoms. The number of hydrogen-bond acceptors (Lipinski definition) is 4. The lowest BCUT2D eigenvalue weighted by Crippen LogP contribution is -2.46. The Kier molecular flexibility index (Phi) is 8.20. The number of halogens is 1. The maximum absolute atomic E-state index is 13.3. The van der Waals surface area contributed by atoms with Gasteiger partial charge in [-0.25, -0.2) is 14.5 Å². The van der Waals surface area contributed by atoms with Crippen LogP contribution in [0.15, 0.2) is 72.9 Å². The highest BCUT2D eigenvalue weighted by atomic mass is 35.5. The summed E-state index contributed by atoms with van der Waals surface area (Å²) in [5.41, 5.74) is 5.27. The van der Waals surface area contributed by atoms with Crippen LogP contribution in [-0.4, -0.2) is 43.7 Å². The van der Waals surface area contributed by atoms with Gasteiger partial charge in [-0.1, -0.05) is 62.2 Å². The number of nitrogens with one attached hydrogen (secondary N) is 2. The van der Waals surface area contributed by atoms with Crippen molar-refractivity contribution in [1.29, 1.82) is 0 Å². The highest BCUT2D eigenvalue weighted by Gasteiger charge is 2.43. The van der Waals surface area contributed by atoms with Crippen LogP contribution in [0.1, 0.15) is 73.6 Å². The maximum atomic E-state index is 13.3. The average molecular weight is 611 g/mol. The lowest BCUT2D eigenvalue weighted by Gasteiger charge is -2.39. The fraction of sp³-hybridized carbons (Fsp3) is 0.371. The van der Waals surface area contributed by atoms with Crippen molar-refractivity contribution in [3.8, 4) is 5.69 Å². The summed E-state index contributed by atoms with van der Waals surface area (Å²) < 4.78 is 1.78. The number of fused-ring (bicyclic) bond motifs is 2. The molecule has 2 aromatic carbocycles. The molecule has 4 heterocycles. The van der Waals surface area contributed by atoms with E-state index in [1.807, 2.05) is 49.4 Å². The molecule has 0 radical (unpaired) electrons. The molecular formula is C35H39ClN6O2. The predicted octanol–water partition coefficient (Wildman–Crippen LogP) is 7.80. The number of rotatable bonds is 6. The van der Waals surface area contributed by atoms with E-state index in [0.717, 1.165) is 54.7 Å². The molecule has 6 rings (SSSR count). The number of carbonyl (C=O) groups excluding carboxylic acids is 2. The smallest absolute Gasteiger partial charge is 0.324 e. The van der Waals surface area contributed by atoms with Gasteiger partial charge in [-0.3, -0.25) is 10.1 Å². The molecule has 3 amide bonds. The molecule has 2 saturated heterocycles. The summed E-state index contributed by atoms with van der Waals surface area (Å²) in [6, 6.07) is 21.7. The Bertz CT molecular complexity index is 1640. The summed E-state index contributed by atoms with van der Waals surface area (Å²) in [5, 5.41) is 11.2. The number of nitrogens with zero attached hydrogens (tertiary/aromatic N) is 4. The van der Waals surface area contributed by atoms with E-state index in [4.69, 9.17) is 16.7 Å². The van der Waals surface area contributed by atoms with Gasteiger partial charge < -0.3 is 10.2 Å². The number of aromatic nitrogens is 3. The quantitative estimate of drug-likeness (QED) is 0.218. The van der Waals surface area contributed by atoms with Crippen LogP contribution >= 0.6 is 11.6 Å². The fourth-order valence-electron chi connectivity index (χ4n) is 6.55. The van der Waals surface area contributed by atoms with Gasteiger partial charge in [0.25, 0.3) is 5.91 Å². The molecule has 0 spiro atoms. The Labute approximate surface area is 263 Å². The van der Waals surface area contributed by atoms with Gasteiger partial charge in [-0.05, 0) is 86.9 Å². The largest absolute Gasteiger partial charge is 0.333 e. The van der Waals surface area contributed by atoms with E-state index in [0.29, 0.717) is 22.5 Å². The van der Waals surface area contributed by atoms with Gasteiger partial charge >= 0.3 is 6.03 Å². The second-order valence-electron chi connectivity index (χ2n) is 13.2. The highest BCUT2D eigenvalue weighted by Crippen LogP contribution is 2.41. The third kappa shape index (κ3) is 6.50. The first-order valence-corrected chi connectivity index (χ1v) is 15.7. The number of pyridine rings is 1. The third-order valence-electron chi connectivity index (χ3n) is 8.75. The topological polar surface area (TPSA) is 92.2 Å². The van der Waals surface area contributed by atoms with Crippen LogP contribution in [-0.2, 0) is 11.8 Å². The van der Waals surface area contributed by atoms with E-state index in [9.17, 15) is 9.59 Å². The standard InChI is InChI=1S/C35H39ClN6O2/c1-22-8-11-27(12-9-22)42-32(20-30(40-42)35(2,3)4)39-34(44)38-26-7-5-6-23(17-26)16-24-18-28-13-14-29(19-24)41(28)33(43)25-10-15-31(36)37-21-25/h5-12,15,17,20-21,24,28-29H,13-14,16,18-19H2,1-4H3,(H2,38,39,44). The number of urea groups is 1. The van der Waals surface area contributed by atoms with Crippen molar-refractivity contribution in [1.82, 2.24) is 19.7 Å². The van der Waals surface area contributed by atoms with Crippen molar-refractivity contribution in [2.45, 2.75) is 77.3 Å². The molecule has 44 heavy (non-hydrogen) atoms. The monoisotopic (exact) mass is 610 g/mol. The Morgan fingerprint density at radius 2 is 1.68 bits per heavy atom. The number of hydrogen-bond donors (Lipinski definition) is 2. The van der Waals surface area contributed by atoms with Crippen LogP contribution in [0.5, 0.6) is 0 Å². The van der Waals surface area contributed by atoms with E-state index in [1.54, 1.807) is 23.0 Å². The molecular weight excluding hydrogens is 572 g/mol. The predicted molar refractivity (Wildman–Crippen MR) is 175 cm³/mol. The maximum Gasteiger partial charge on any atom is 0.324 e. The lowest BCUT2D eigenvalue weighted by molar-refractivity contribution is 0.0524. The van der Waals surface area contributed by atoms with Gasteiger partial charge in [-0.2, -0.15) is 5.10 Å². The molecule has 0 aliphatic carbocycles. The molecule has 2 bridgehead atoms. The summed E-state index contributed by atoms with van der Waals surface area (Å²) >= 11 is 5.93. The molecule has 228 valence electrons. The number of aryl methyl sites for hydroxylation is 1. The van der Waals surface area contributed by atoms with Crippen molar-refractivity contribution >= 4 is 35.0 Å². The molecule has 8 nitrogen and oxygen atoms in total. The third-order valence-corrected chi connectivity index (χ3v) is 8.97. The Balaban J connectivity index is 1.10. The molecule has 0 saturated carbocycles. The zero-order valence-corrected chi connectivity index (χ0v) is 26.4. The van der Waals surface area contributed by atoms with Gasteiger partial charge in [0, 0.05) is 35.4 Å². The molecule has 2 aliphatic rings. The van der Waals surface area contributed by atoms with Gasteiger partial charge in [0.05, 0.1) is 16.9 Å². The molecule has 2 aliphatic heterocycles. The van der Waals surface area contributed by atoms with Crippen LogP contribution in [0, 0.1) is 12.8 Å². The van der Waals surface area contributed by atoms with E-state index in [2.05, 4.69) is 53.4 Å². The summed E-state index contributed by atoms with van der Waals surface area (Å²) in [7, 11) is 0. The van der Waals surface area contributed by atoms with E-state index >= 15 is 0 Å². The number of piperidine rings is 1. The minimum absolute atomic E-state index is 0.0515. The van der Waals surface area contributed by atoms with Gasteiger partial charge in [0.15, 0.2) is 0 Å². The Morgan fingerprint density at radius 3 is 2.34 bits per heavy atom. The van der Waals surface area contributed by atoms with Crippen molar-refractivity contribution in [2.24, 2.45) is 5.92 Å². The fourth-order valence-corrected chi connectivity index (χ4v) is 6.66. The zero-order chi connectivity index (χ0) is 31.0. The van der Waals surface area contributed by atoms with Crippen LogP contribution in [0.3, 0.4) is 0 Å².